The van der Waals surface area contributed by atoms with Gasteiger partial charge in [-0.25, -0.2) is 4.68 Å². The van der Waals surface area contributed by atoms with Crippen LogP contribution in [0.25, 0.3) is 0 Å². The zero-order chi connectivity index (χ0) is 15.5. The molecule has 0 spiro atoms. The van der Waals surface area contributed by atoms with E-state index in [1.54, 1.807) is 23.5 Å². The first-order valence-electron chi connectivity index (χ1n) is 7.12. The number of nitrogens with zero attached hydrogens (tertiary/aromatic N) is 6. The van der Waals surface area contributed by atoms with Crippen molar-refractivity contribution in [3.05, 3.63) is 65.0 Å². The maximum Gasteiger partial charge on any atom is 0.141 e. The highest BCUT2D eigenvalue weighted by Crippen LogP contribution is 2.13. The average molecular weight is 294 g/mol. The summed E-state index contributed by atoms with van der Waals surface area (Å²) in [6, 6.07) is 8.51. The Balaban J connectivity index is 1.85. The van der Waals surface area contributed by atoms with Gasteiger partial charge in [0.2, 0.25) is 0 Å². The van der Waals surface area contributed by atoms with E-state index in [4.69, 9.17) is 0 Å². The number of aromatic nitrogens is 5. The van der Waals surface area contributed by atoms with Gasteiger partial charge in [-0.2, -0.15) is 10.2 Å². The largest absolute Gasteiger partial charge is 0.265 e. The molecule has 0 amide bonds. The van der Waals surface area contributed by atoms with E-state index in [2.05, 4.69) is 58.5 Å². The van der Waals surface area contributed by atoms with Crippen LogP contribution in [-0.2, 0) is 6.54 Å². The fraction of sp³-hybridized carbons (Fsp3) is 0.250. The molecule has 2 heterocycles. The minimum absolute atomic E-state index is 0.757. The second kappa shape index (κ2) is 5.93. The van der Waals surface area contributed by atoms with Crippen LogP contribution in [0.1, 0.15) is 28.1 Å². The summed E-state index contributed by atoms with van der Waals surface area (Å²) in [6.07, 6.45) is 4.91. The Kier molecular flexibility index (Phi) is 3.82. The second-order valence-electron chi connectivity index (χ2n) is 5.31. The van der Waals surface area contributed by atoms with E-state index in [9.17, 15) is 0 Å². The summed E-state index contributed by atoms with van der Waals surface area (Å²) in [5.74, 6) is 0. The van der Waals surface area contributed by atoms with E-state index in [-0.39, 0.29) is 0 Å². The van der Waals surface area contributed by atoms with E-state index in [1.165, 1.54) is 11.1 Å². The second-order valence-corrected chi connectivity index (χ2v) is 5.31. The molecule has 0 bridgehead atoms. The standard InChI is InChI=1S/C16H18N6/c1-12-4-6-15(7-5-12)9-22-14(3)16(13(2)20-22)8-19-21-10-17-18-11-21/h4-8,10-11H,9H2,1-3H3. The van der Waals surface area contributed by atoms with Crippen molar-refractivity contribution >= 4 is 6.21 Å². The van der Waals surface area contributed by atoms with Crippen LogP contribution in [0.15, 0.2) is 42.0 Å². The Morgan fingerprint density at radius 3 is 2.41 bits per heavy atom. The van der Waals surface area contributed by atoms with Crippen LogP contribution in [0.3, 0.4) is 0 Å². The topological polar surface area (TPSA) is 60.9 Å². The molecule has 0 N–H and O–H groups in total. The summed E-state index contributed by atoms with van der Waals surface area (Å²) in [5.41, 5.74) is 5.58. The minimum atomic E-state index is 0.757. The van der Waals surface area contributed by atoms with Gasteiger partial charge in [0.15, 0.2) is 0 Å². The molecular formula is C16H18N6. The Morgan fingerprint density at radius 2 is 1.73 bits per heavy atom. The van der Waals surface area contributed by atoms with E-state index in [1.807, 2.05) is 11.6 Å². The van der Waals surface area contributed by atoms with Gasteiger partial charge < -0.3 is 0 Å². The smallest absolute Gasteiger partial charge is 0.141 e. The summed E-state index contributed by atoms with van der Waals surface area (Å²) in [5, 5.41) is 16.4. The van der Waals surface area contributed by atoms with Crippen LogP contribution in [0, 0.1) is 20.8 Å². The van der Waals surface area contributed by atoms with Crippen LogP contribution < -0.4 is 0 Å². The zero-order valence-electron chi connectivity index (χ0n) is 12.9. The van der Waals surface area contributed by atoms with Crippen LogP contribution in [0.2, 0.25) is 0 Å². The van der Waals surface area contributed by atoms with Gasteiger partial charge in [-0.15, -0.1) is 10.2 Å². The molecule has 3 rings (SSSR count). The average Bonchev–Trinajstić information content (AvgIpc) is 3.10. The molecule has 22 heavy (non-hydrogen) atoms. The lowest BCUT2D eigenvalue weighted by molar-refractivity contribution is 0.659. The Bertz CT molecular complexity index is 781. The van der Waals surface area contributed by atoms with Gasteiger partial charge in [-0.05, 0) is 26.3 Å². The van der Waals surface area contributed by atoms with Crippen molar-refractivity contribution in [2.75, 3.05) is 0 Å². The molecule has 0 aliphatic heterocycles. The first-order chi connectivity index (χ1) is 10.6. The van der Waals surface area contributed by atoms with Crippen molar-refractivity contribution in [2.24, 2.45) is 5.10 Å². The van der Waals surface area contributed by atoms with Crippen molar-refractivity contribution in [1.82, 2.24) is 24.7 Å². The lowest BCUT2D eigenvalue weighted by Crippen LogP contribution is -2.04. The molecule has 112 valence electrons. The fourth-order valence-electron chi connectivity index (χ4n) is 2.30. The van der Waals surface area contributed by atoms with Crippen molar-refractivity contribution in [3.63, 3.8) is 0 Å². The summed E-state index contributed by atoms with van der Waals surface area (Å²) in [4.78, 5) is 0. The van der Waals surface area contributed by atoms with E-state index < -0.39 is 0 Å². The van der Waals surface area contributed by atoms with Crippen LogP contribution in [-0.4, -0.2) is 30.9 Å². The van der Waals surface area contributed by atoms with Crippen molar-refractivity contribution in [1.29, 1.82) is 0 Å². The minimum Gasteiger partial charge on any atom is -0.265 e. The lowest BCUT2D eigenvalue weighted by Gasteiger charge is -2.05. The first kappa shape index (κ1) is 14.2. The summed E-state index contributed by atoms with van der Waals surface area (Å²) in [6.45, 7) is 6.90. The summed E-state index contributed by atoms with van der Waals surface area (Å²) in [7, 11) is 0. The molecule has 0 aliphatic rings. The molecule has 0 saturated heterocycles. The summed E-state index contributed by atoms with van der Waals surface area (Å²) >= 11 is 0. The third kappa shape index (κ3) is 2.95. The molecule has 0 aliphatic carbocycles. The molecule has 2 aromatic heterocycles. The van der Waals surface area contributed by atoms with Gasteiger partial charge in [-0.3, -0.25) is 4.68 Å². The fourth-order valence-corrected chi connectivity index (χ4v) is 2.30. The number of hydrogen-bond acceptors (Lipinski definition) is 4. The van der Waals surface area contributed by atoms with Gasteiger partial charge in [0, 0.05) is 11.3 Å². The number of hydrogen-bond donors (Lipinski definition) is 0. The Labute approximate surface area is 129 Å². The van der Waals surface area contributed by atoms with Crippen LogP contribution >= 0.6 is 0 Å². The highest BCUT2D eigenvalue weighted by molar-refractivity contribution is 5.82. The SMILES string of the molecule is Cc1ccc(Cn2nc(C)c(C=Nn3cnnc3)c2C)cc1. The Hall–Kier alpha value is -2.76. The predicted octanol–water partition coefficient (Wildman–Crippen LogP) is 2.33. The van der Waals surface area contributed by atoms with E-state index >= 15 is 0 Å². The Morgan fingerprint density at radius 1 is 1.05 bits per heavy atom. The van der Waals surface area contributed by atoms with Crippen LogP contribution in [0.5, 0.6) is 0 Å². The van der Waals surface area contributed by atoms with E-state index in [0.717, 1.165) is 23.5 Å². The number of aryl methyl sites for hydroxylation is 2. The maximum atomic E-state index is 4.61. The molecule has 0 fully saturated rings. The van der Waals surface area contributed by atoms with Gasteiger partial charge in [0.25, 0.3) is 0 Å². The molecule has 0 unspecified atom stereocenters. The molecular weight excluding hydrogens is 276 g/mol. The molecule has 6 heteroatoms. The molecule has 1 aromatic carbocycles. The predicted molar refractivity (Wildman–Crippen MR) is 85.0 cm³/mol. The van der Waals surface area contributed by atoms with Crippen molar-refractivity contribution in [2.45, 2.75) is 27.3 Å². The maximum absolute atomic E-state index is 4.61. The summed E-state index contributed by atoms with van der Waals surface area (Å²) < 4.78 is 3.57. The first-order valence-corrected chi connectivity index (χ1v) is 7.12. The van der Waals surface area contributed by atoms with Crippen molar-refractivity contribution < 1.29 is 0 Å². The lowest BCUT2D eigenvalue weighted by atomic mass is 10.1. The van der Waals surface area contributed by atoms with Gasteiger partial charge >= 0.3 is 0 Å². The van der Waals surface area contributed by atoms with Gasteiger partial charge in [0.1, 0.15) is 12.7 Å². The third-order valence-electron chi connectivity index (χ3n) is 3.62. The number of benzene rings is 1. The van der Waals surface area contributed by atoms with Crippen molar-refractivity contribution in [3.8, 4) is 0 Å². The molecule has 0 radical (unpaired) electrons. The van der Waals surface area contributed by atoms with Crippen LogP contribution in [0.4, 0.5) is 0 Å². The van der Waals surface area contributed by atoms with Gasteiger partial charge in [-0.1, -0.05) is 29.8 Å². The van der Waals surface area contributed by atoms with Gasteiger partial charge in [0.05, 0.1) is 18.5 Å². The quantitative estimate of drug-likeness (QED) is 0.694. The zero-order valence-corrected chi connectivity index (χ0v) is 12.9. The monoisotopic (exact) mass is 294 g/mol. The molecule has 0 saturated carbocycles. The molecule has 0 atom stereocenters. The molecule has 3 aromatic rings. The number of rotatable bonds is 4. The third-order valence-corrected chi connectivity index (χ3v) is 3.62. The molecule has 6 nitrogen and oxygen atoms in total. The highest BCUT2D eigenvalue weighted by atomic mass is 15.4. The highest BCUT2D eigenvalue weighted by Gasteiger charge is 2.10. The van der Waals surface area contributed by atoms with E-state index in [0.29, 0.717) is 0 Å². The normalized spacial score (nSPS) is 11.4.